The molecule has 0 aliphatic carbocycles. The fourth-order valence-corrected chi connectivity index (χ4v) is 3.10. The van der Waals surface area contributed by atoms with E-state index in [1.54, 1.807) is 17.0 Å². The normalized spacial score (nSPS) is 20.6. The van der Waals surface area contributed by atoms with Crippen LogP contribution in [0, 0.1) is 12.3 Å². The molecule has 1 heterocycles. The summed E-state index contributed by atoms with van der Waals surface area (Å²) in [5.74, 6) is 0.275. The van der Waals surface area contributed by atoms with Gasteiger partial charge in [0.15, 0.2) is 0 Å². The minimum absolute atomic E-state index is 0.0838. The summed E-state index contributed by atoms with van der Waals surface area (Å²) in [7, 11) is 0. The van der Waals surface area contributed by atoms with Gasteiger partial charge in [-0.15, -0.1) is 0 Å². The van der Waals surface area contributed by atoms with Crippen molar-refractivity contribution in [3.05, 3.63) is 23.8 Å². The molecule has 0 radical (unpaired) electrons. The monoisotopic (exact) mass is 334 g/mol. The molecule has 0 aromatic heterocycles. The molecule has 1 atom stereocenters. The smallest absolute Gasteiger partial charge is 0.410 e. The lowest BCUT2D eigenvalue weighted by atomic mass is 9.79. The first-order chi connectivity index (χ1) is 11.0. The Balaban J connectivity index is 2.04. The maximum Gasteiger partial charge on any atom is 0.410 e. The van der Waals surface area contributed by atoms with Crippen molar-refractivity contribution in [3.8, 4) is 5.75 Å². The highest BCUT2D eigenvalue weighted by atomic mass is 16.6. The Morgan fingerprint density at radius 2 is 2.04 bits per heavy atom. The second-order valence-electron chi connectivity index (χ2n) is 8.38. The molecule has 24 heavy (non-hydrogen) atoms. The molecule has 0 spiro atoms. The van der Waals surface area contributed by atoms with Gasteiger partial charge in [0.1, 0.15) is 11.4 Å². The van der Waals surface area contributed by atoms with Crippen LogP contribution >= 0.6 is 0 Å². The quantitative estimate of drug-likeness (QED) is 0.798. The molecule has 0 saturated carbocycles. The van der Waals surface area contributed by atoms with Gasteiger partial charge < -0.3 is 20.1 Å². The van der Waals surface area contributed by atoms with Crippen LogP contribution in [0.25, 0.3) is 0 Å². The van der Waals surface area contributed by atoms with E-state index in [2.05, 4.69) is 19.2 Å². The zero-order chi connectivity index (χ0) is 18.1. The zero-order valence-corrected chi connectivity index (χ0v) is 15.6. The number of hydrogen-bond acceptors (Lipinski definition) is 4. The van der Waals surface area contributed by atoms with Crippen LogP contribution in [0.15, 0.2) is 18.2 Å². The lowest BCUT2D eigenvalue weighted by Crippen LogP contribution is -2.54. The minimum atomic E-state index is -0.473. The van der Waals surface area contributed by atoms with Gasteiger partial charge in [-0.2, -0.15) is 0 Å². The van der Waals surface area contributed by atoms with Crippen molar-refractivity contribution in [2.24, 2.45) is 5.41 Å². The molecule has 134 valence electrons. The number of nitrogens with one attached hydrogen (secondary N) is 1. The number of amides is 1. The number of aryl methyl sites for hydroxylation is 1. The number of phenols is 1. The Morgan fingerprint density at radius 1 is 1.38 bits per heavy atom. The van der Waals surface area contributed by atoms with Crippen molar-refractivity contribution >= 4 is 11.8 Å². The average molecular weight is 334 g/mol. The molecule has 1 unspecified atom stereocenters. The number of piperidine rings is 1. The lowest BCUT2D eigenvalue weighted by molar-refractivity contribution is 0.00691. The van der Waals surface area contributed by atoms with Gasteiger partial charge >= 0.3 is 6.09 Å². The van der Waals surface area contributed by atoms with E-state index in [9.17, 15) is 9.90 Å². The number of aromatic hydroxyl groups is 1. The second kappa shape index (κ2) is 6.54. The van der Waals surface area contributed by atoms with E-state index in [1.165, 1.54) is 0 Å². The van der Waals surface area contributed by atoms with E-state index in [-0.39, 0.29) is 23.3 Å². The Hall–Kier alpha value is -1.91. The number of carbonyl (C=O) groups is 1. The van der Waals surface area contributed by atoms with Gasteiger partial charge in [0.2, 0.25) is 0 Å². The predicted molar refractivity (Wildman–Crippen MR) is 96.5 cm³/mol. The van der Waals surface area contributed by atoms with Gasteiger partial charge in [0, 0.05) is 30.2 Å². The molecular formula is C19H30N2O3. The molecule has 5 heteroatoms. The molecule has 2 N–H and O–H groups in total. The summed E-state index contributed by atoms with van der Waals surface area (Å²) in [4.78, 5) is 14.1. The van der Waals surface area contributed by atoms with Gasteiger partial charge in [-0.1, -0.05) is 13.8 Å². The van der Waals surface area contributed by atoms with Gasteiger partial charge in [0.05, 0.1) is 0 Å². The summed E-state index contributed by atoms with van der Waals surface area (Å²) in [5.41, 5.74) is 1.48. The number of ether oxygens (including phenoxy) is 1. The molecule has 1 saturated heterocycles. The third-order valence-electron chi connectivity index (χ3n) is 4.42. The number of anilines is 1. The van der Waals surface area contributed by atoms with Crippen LogP contribution in [0.5, 0.6) is 5.75 Å². The van der Waals surface area contributed by atoms with Crippen molar-refractivity contribution in [3.63, 3.8) is 0 Å². The van der Waals surface area contributed by atoms with Gasteiger partial charge in [0.25, 0.3) is 0 Å². The van der Waals surface area contributed by atoms with E-state index in [4.69, 9.17) is 4.74 Å². The first-order valence-corrected chi connectivity index (χ1v) is 8.52. The summed E-state index contributed by atoms with van der Waals surface area (Å²) in [6, 6.07) is 5.60. The Morgan fingerprint density at radius 3 is 2.58 bits per heavy atom. The first-order valence-electron chi connectivity index (χ1n) is 8.52. The summed E-state index contributed by atoms with van der Waals surface area (Å²) in [6.07, 6.45) is 0.613. The van der Waals surface area contributed by atoms with Crippen LogP contribution in [0.3, 0.4) is 0 Å². The number of hydrogen-bond donors (Lipinski definition) is 2. The van der Waals surface area contributed by atoms with Crippen LogP contribution in [0.2, 0.25) is 0 Å². The Labute approximate surface area is 145 Å². The van der Waals surface area contributed by atoms with Crippen molar-refractivity contribution in [2.45, 2.75) is 59.6 Å². The fourth-order valence-electron chi connectivity index (χ4n) is 3.10. The van der Waals surface area contributed by atoms with Gasteiger partial charge in [-0.05, 0) is 57.9 Å². The first kappa shape index (κ1) is 18.4. The SMILES string of the molecule is Cc1cc(O)ccc1NC1CCN(C(=O)OC(C)(C)C)CC1(C)C. The summed E-state index contributed by atoms with van der Waals surface area (Å²) >= 11 is 0. The second-order valence-corrected chi connectivity index (χ2v) is 8.38. The van der Waals surface area contributed by atoms with Crippen LogP contribution in [0.1, 0.15) is 46.6 Å². The van der Waals surface area contributed by atoms with Crippen LogP contribution in [0.4, 0.5) is 10.5 Å². The number of rotatable bonds is 2. The molecule has 0 bridgehead atoms. The van der Waals surface area contributed by atoms with Gasteiger partial charge in [-0.3, -0.25) is 0 Å². The molecule has 2 rings (SSSR count). The molecule has 1 amide bonds. The molecule has 1 aromatic carbocycles. The maximum atomic E-state index is 12.3. The fraction of sp³-hybridized carbons (Fsp3) is 0.632. The molecule has 1 aromatic rings. The topological polar surface area (TPSA) is 61.8 Å². The highest BCUT2D eigenvalue weighted by Gasteiger charge is 2.39. The maximum absolute atomic E-state index is 12.3. The van der Waals surface area contributed by atoms with Crippen molar-refractivity contribution in [2.75, 3.05) is 18.4 Å². The highest BCUT2D eigenvalue weighted by molar-refractivity contribution is 5.68. The molecule has 5 nitrogen and oxygen atoms in total. The van der Waals surface area contributed by atoms with E-state index in [1.807, 2.05) is 33.8 Å². The third-order valence-corrected chi connectivity index (χ3v) is 4.42. The van der Waals surface area contributed by atoms with E-state index < -0.39 is 5.60 Å². The van der Waals surface area contributed by atoms with E-state index in [0.29, 0.717) is 13.1 Å². The molecule has 1 fully saturated rings. The predicted octanol–water partition coefficient (Wildman–Crippen LogP) is 4.15. The lowest BCUT2D eigenvalue weighted by Gasteiger charge is -2.45. The summed E-state index contributed by atoms with van der Waals surface area (Å²) < 4.78 is 5.50. The van der Waals surface area contributed by atoms with Crippen LogP contribution in [-0.4, -0.2) is 40.8 Å². The van der Waals surface area contributed by atoms with Crippen molar-refractivity contribution < 1.29 is 14.6 Å². The highest BCUT2D eigenvalue weighted by Crippen LogP contribution is 2.33. The number of carbonyl (C=O) groups excluding carboxylic acids is 1. The van der Waals surface area contributed by atoms with Gasteiger partial charge in [-0.25, -0.2) is 4.79 Å². The molecule has 1 aliphatic heterocycles. The van der Waals surface area contributed by atoms with Crippen molar-refractivity contribution in [1.29, 1.82) is 0 Å². The third kappa shape index (κ3) is 4.56. The average Bonchev–Trinajstić information content (AvgIpc) is 2.41. The van der Waals surface area contributed by atoms with Crippen molar-refractivity contribution in [1.82, 2.24) is 4.90 Å². The minimum Gasteiger partial charge on any atom is -0.508 e. The number of likely N-dealkylation sites (tertiary alicyclic amines) is 1. The summed E-state index contributed by atoms with van der Waals surface area (Å²) in [5, 5.41) is 13.1. The molecule has 1 aliphatic rings. The largest absolute Gasteiger partial charge is 0.508 e. The zero-order valence-electron chi connectivity index (χ0n) is 15.6. The Kier molecular flexibility index (Phi) is 5.02. The number of nitrogens with zero attached hydrogens (tertiary/aromatic N) is 1. The van der Waals surface area contributed by atoms with Crippen LogP contribution < -0.4 is 5.32 Å². The Bertz CT molecular complexity index is 605. The number of benzene rings is 1. The number of phenolic OH excluding ortho intramolecular Hbond substituents is 1. The van der Waals surface area contributed by atoms with Crippen LogP contribution in [-0.2, 0) is 4.74 Å². The van der Waals surface area contributed by atoms with E-state index >= 15 is 0 Å². The molecular weight excluding hydrogens is 304 g/mol. The summed E-state index contributed by atoms with van der Waals surface area (Å²) in [6.45, 7) is 13.3. The van der Waals surface area contributed by atoms with E-state index in [0.717, 1.165) is 17.7 Å². The standard InChI is InChI=1S/C19H30N2O3/c1-13-11-14(22)7-8-15(13)20-16-9-10-21(12-19(16,5)6)17(23)24-18(2,3)4/h7-8,11,16,20,22H,9-10,12H2,1-6H3.